The first-order valence-corrected chi connectivity index (χ1v) is 9.73. The minimum absolute atomic E-state index is 0.0681. The van der Waals surface area contributed by atoms with Gasteiger partial charge in [0.15, 0.2) is 0 Å². The topological polar surface area (TPSA) is 91.8 Å². The normalized spacial score (nSPS) is 16.4. The van der Waals surface area contributed by atoms with E-state index >= 15 is 0 Å². The van der Waals surface area contributed by atoms with E-state index in [-0.39, 0.29) is 11.3 Å². The number of carbonyl (C=O) groups is 2. The number of carboxylic acid groups (broad SMARTS) is 1. The molecular formula is C21H22F3N3O4. The Bertz CT molecular complexity index is 922. The average molecular weight is 437 g/mol. The predicted molar refractivity (Wildman–Crippen MR) is 105 cm³/mol. The van der Waals surface area contributed by atoms with E-state index in [4.69, 9.17) is 9.84 Å². The van der Waals surface area contributed by atoms with Crippen molar-refractivity contribution in [3.05, 3.63) is 53.7 Å². The van der Waals surface area contributed by atoms with E-state index < -0.39 is 37.1 Å². The van der Waals surface area contributed by atoms with Crippen LogP contribution in [0.4, 0.5) is 19.0 Å². The number of alkyl halides is 3. The molecule has 1 aromatic heterocycles. The van der Waals surface area contributed by atoms with Gasteiger partial charge in [-0.2, -0.15) is 0 Å². The van der Waals surface area contributed by atoms with E-state index in [0.29, 0.717) is 36.4 Å². The maximum atomic E-state index is 13.4. The minimum atomic E-state index is -4.90. The van der Waals surface area contributed by atoms with Crippen LogP contribution < -0.4 is 10.1 Å². The molecule has 1 atom stereocenters. The molecule has 0 aliphatic carbocycles. The van der Waals surface area contributed by atoms with Gasteiger partial charge in [-0.05, 0) is 48.2 Å². The summed E-state index contributed by atoms with van der Waals surface area (Å²) in [5.41, 5.74) is 0.804. The fourth-order valence-corrected chi connectivity index (χ4v) is 3.39. The molecule has 0 saturated carbocycles. The zero-order valence-electron chi connectivity index (χ0n) is 16.6. The van der Waals surface area contributed by atoms with Crippen LogP contribution in [0, 0.1) is 5.92 Å². The smallest absolute Gasteiger partial charge is 0.487 e. The number of anilines is 1. The van der Waals surface area contributed by atoms with E-state index in [2.05, 4.69) is 10.3 Å². The summed E-state index contributed by atoms with van der Waals surface area (Å²) in [5.74, 6) is -2.69. The van der Waals surface area contributed by atoms with Gasteiger partial charge in [-0.3, -0.25) is 9.59 Å². The first-order chi connectivity index (χ1) is 14.7. The van der Waals surface area contributed by atoms with Crippen LogP contribution in [-0.2, 0) is 22.6 Å². The predicted octanol–water partition coefficient (Wildman–Crippen LogP) is 3.46. The highest BCUT2D eigenvalue weighted by molar-refractivity contribution is 5.84. The zero-order chi connectivity index (χ0) is 22.4. The van der Waals surface area contributed by atoms with Crippen LogP contribution in [0.5, 0.6) is 5.75 Å². The summed E-state index contributed by atoms with van der Waals surface area (Å²) in [6, 6.07) is 10.2. The monoisotopic (exact) mass is 437 g/mol. The fourth-order valence-electron chi connectivity index (χ4n) is 3.39. The van der Waals surface area contributed by atoms with Crippen molar-refractivity contribution in [2.45, 2.75) is 32.1 Å². The molecule has 3 rings (SSSR count). The average Bonchev–Trinajstić information content (AvgIpc) is 2.84. The van der Waals surface area contributed by atoms with Crippen molar-refractivity contribution in [3.63, 3.8) is 0 Å². The summed E-state index contributed by atoms with van der Waals surface area (Å²) >= 11 is 0. The van der Waals surface area contributed by atoms with E-state index in [1.165, 1.54) is 6.07 Å². The van der Waals surface area contributed by atoms with Gasteiger partial charge in [0, 0.05) is 12.7 Å². The first-order valence-electron chi connectivity index (χ1n) is 9.73. The molecule has 0 radical (unpaired) electrons. The van der Waals surface area contributed by atoms with Gasteiger partial charge in [-0.1, -0.05) is 12.1 Å². The van der Waals surface area contributed by atoms with Gasteiger partial charge in [-0.15, -0.1) is 13.2 Å². The highest BCUT2D eigenvalue weighted by Crippen LogP contribution is 2.33. The van der Waals surface area contributed by atoms with Gasteiger partial charge in [0.25, 0.3) is 0 Å². The molecule has 1 aliphatic rings. The number of carbonyl (C=O) groups excluding carboxylic acids is 1. The number of ether oxygens (including phenoxy) is 1. The van der Waals surface area contributed by atoms with Crippen LogP contribution >= 0.6 is 0 Å². The Morgan fingerprint density at radius 2 is 2.06 bits per heavy atom. The van der Waals surface area contributed by atoms with E-state index in [9.17, 15) is 22.8 Å². The molecule has 0 spiro atoms. The summed E-state index contributed by atoms with van der Waals surface area (Å²) in [6.45, 7) is 0.267. The summed E-state index contributed by atoms with van der Waals surface area (Å²) in [6.07, 6.45) is -3.32. The molecule has 1 unspecified atom stereocenters. The Labute approximate surface area is 176 Å². The second-order valence-electron chi connectivity index (χ2n) is 7.17. The van der Waals surface area contributed by atoms with Crippen LogP contribution in [0.25, 0.3) is 0 Å². The summed E-state index contributed by atoms with van der Waals surface area (Å²) in [7, 11) is 0. The van der Waals surface area contributed by atoms with Crippen LogP contribution in [0.2, 0.25) is 0 Å². The number of benzene rings is 1. The molecule has 1 aromatic carbocycles. The number of halogens is 3. The van der Waals surface area contributed by atoms with Gasteiger partial charge >= 0.3 is 12.3 Å². The molecule has 0 saturated heterocycles. The number of hydrogen-bond acceptors (Lipinski definition) is 5. The van der Waals surface area contributed by atoms with Crippen LogP contribution in [0.15, 0.2) is 42.6 Å². The number of pyridine rings is 1. The van der Waals surface area contributed by atoms with E-state index in [1.54, 1.807) is 18.3 Å². The minimum Gasteiger partial charge on any atom is -0.494 e. The highest BCUT2D eigenvalue weighted by atomic mass is 19.4. The van der Waals surface area contributed by atoms with Crippen molar-refractivity contribution in [2.75, 3.05) is 18.5 Å². The van der Waals surface area contributed by atoms with E-state index in [0.717, 1.165) is 5.82 Å². The molecule has 2 aromatic rings. The second-order valence-corrected chi connectivity index (χ2v) is 7.17. The van der Waals surface area contributed by atoms with Crippen molar-refractivity contribution < 1.29 is 32.6 Å². The van der Waals surface area contributed by atoms with Crippen molar-refractivity contribution in [2.24, 2.45) is 5.92 Å². The van der Waals surface area contributed by atoms with E-state index in [1.807, 2.05) is 18.2 Å². The third-order valence-corrected chi connectivity index (χ3v) is 4.88. The second kappa shape index (κ2) is 9.67. The third-order valence-electron chi connectivity index (χ3n) is 4.88. The molecule has 10 heteroatoms. The lowest BCUT2D eigenvalue weighted by Crippen LogP contribution is -2.44. The Kier molecular flexibility index (Phi) is 6.98. The largest absolute Gasteiger partial charge is 0.494 e. The quantitative estimate of drug-likeness (QED) is 0.486. The van der Waals surface area contributed by atoms with Gasteiger partial charge in [0.05, 0.1) is 25.5 Å². The molecular weight excluding hydrogens is 415 g/mol. The fraction of sp³-hybridized carbons (Fsp3) is 0.381. The molecule has 2 N–H and O–H groups in total. The Balaban J connectivity index is 1.65. The third kappa shape index (κ3) is 6.09. The first kappa shape index (κ1) is 22.4. The summed E-state index contributed by atoms with van der Waals surface area (Å²) in [4.78, 5) is 27.3. The number of amides is 1. The summed E-state index contributed by atoms with van der Waals surface area (Å²) in [5, 5.41) is 12.1. The number of aromatic nitrogens is 1. The van der Waals surface area contributed by atoms with Crippen molar-refractivity contribution in [3.8, 4) is 5.75 Å². The maximum Gasteiger partial charge on any atom is 0.487 e. The standard InChI is InChI=1S/C21H22F3N3O4/c22-21(23,24)27-13-16-11-17(31-9-3-8-26-18-4-1-2-7-25-18)6-5-14(16)10-15(20(27)30)12-19(28)29/h1-2,4-7,11,15H,3,8-10,12-13H2,(H,25,26)(H,28,29). The lowest BCUT2D eigenvalue weighted by Gasteiger charge is -2.26. The molecule has 31 heavy (non-hydrogen) atoms. The number of hydrogen-bond donors (Lipinski definition) is 2. The Morgan fingerprint density at radius 1 is 1.26 bits per heavy atom. The zero-order valence-corrected chi connectivity index (χ0v) is 16.6. The Hall–Kier alpha value is -3.30. The number of nitrogens with zero attached hydrogens (tertiary/aromatic N) is 2. The maximum absolute atomic E-state index is 13.4. The van der Waals surface area contributed by atoms with Crippen molar-refractivity contribution in [1.82, 2.24) is 9.88 Å². The van der Waals surface area contributed by atoms with Crippen LogP contribution in [-0.4, -0.2) is 46.3 Å². The Morgan fingerprint density at radius 3 is 2.74 bits per heavy atom. The molecule has 0 bridgehead atoms. The van der Waals surface area contributed by atoms with Crippen molar-refractivity contribution in [1.29, 1.82) is 0 Å². The molecule has 1 aliphatic heterocycles. The molecule has 166 valence electrons. The van der Waals surface area contributed by atoms with Gasteiger partial charge in [0.2, 0.25) is 5.91 Å². The molecule has 0 fully saturated rings. The number of fused-ring (bicyclic) bond motifs is 1. The number of carboxylic acids is 1. The molecule has 2 heterocycles. The molecule has 7 nitrogen and oxygen atoms in total. The van der Waals surface area contributed by atoms with Gasteiger partial charge in [-0.25, -0.2) is 9.88 Å². The van der Waals surface area contributed by atoms with Gasteiger partial charge in [0.1, 0.15) is 11.6 Å². The molecule has 1 amide bonds. The highest BCUT2D eigenvalue weighted by Gasteiger charge is 2.45. The number of aliphatic carboxylic acids is 1. The SMILES string of the molecule is O=C(O)CC1Cc2ccc(OCCCNc3ccccn3)cc2CN(C(F)(F)F)C1=O. The van der Waals surface area contributed by atoms with Crippen LogP contribution in [0.3, 0.4) is 0 Å². The number of rotatable bonds is 8. The van der Waals surface area contributed by atoms with Gasteiger partial charge < -0.3 is 15.2 Å². The summed E-state index contributed by atoms with van der Waals surface area (Å²) < 4.78 is 45.9. The lowest BCUT2D eigenvalue weighted by molar-refractivity contribution is -0.245. The van der Waals surface area contributed by atoms with Crippen LogP contribution in [0.1, 0.15) is 24.0 Å². The number of nitrogens with one attached hydrogen (secondary N) is 1. The van der Waals surface area contributed by atoms with Crippen molar-refractivity contribution >= 4 is 17.7 Å². The lowest BCUT2D eigenvalue weighted by atomic mass is 9.94.